The molecule has 3 rings (SSSR count). The summed E-state index contributed by atoms with van der Waals surface area (Å²) in [6.45, 7) is 8.39. The van der Waals surface area contributed by atoms with Crippen LogP contribution in [0.1, 0.15) is 32.4 Å². The van der Waals surface area contributed by atoms with E-state index in [4.69, 9.17) is 5.73 Å². The molecule has 1 fully saturated rings. The molecule has 0 spiro atoms. The molecule has 0 radical (unpaired) electrons. The lowest BCUT2D eigenvalue weighted by molar-refractivity contribution is -0.119. The van der Waals surface area contributed by atoms with E-state index in [0.717, 1.165) is 36.6 Å². The Hall–Kier alpha value is -1.63. The molecule has 0 unspecified atom stereocenters. The van der Waals surface area contributed by atoms with Gasteiger partial charge in [0.2, 0.25) is 5.91 Å². The third kappa shape index (κ3) is 2.82. The van der Waals surface area contributed by atoms with Crippen molar-refractivity contribution in [1.29, 1.82) is 0 Å². The molecule has 0 bridgehead atoms. The molecular weight excluding hydrogens is 292 g/mol. The van der Waals surface area contributed by atoms with Crippen LogP contribution in [0.2, 0.25) is 0 Å². The summed E-state index contributed by atoms with van der Waals surface area (Å²) >= 11 is 0. The van der Waals surface area contributed by atoms with Crippen molar-refractivity contribution in [2.24, 2.45) is 11.7 Å². The maximum absolute atomic E-state index is 12.0. The number of amides is 1. The van der Waals surface area contributed by atoms with Gasteiger partial charge in [-0.25, -0.2) is 0 Å². The van der Waals surface area contributed by atoms with Crippen molar-refractivity contribution in [1.82, 2.24) is 5.32 Å². The number of nitrogens with zero attached hydrogens (tertiary/aromatic N) is 2. The minimum atomic E-state index is -0.875. The second kappa shape index (κ2) is 6.11. The number of nitrogens with two attached hydrogens (primary N) is 1. The third-order valence-corrected chi connectivity index (χ3v) is 5.00. The molecule has 0 aliphatic carbocycles. The van der Waals surface area contributed by atoms with E-state index in [-0.39, 0.29) is 17.9 Å². The Morgan fingerprint density at radius 3 is 2.78 bits per heavy atom. The molecule has 0 saturated carbocycles. The highest BCUT2D eigenvalue weighted by molar-refractivity contribution is 5.94. The predicted molar refractivity (Wildman–Crippen MR) is 91.4 cm³/mol. The van der Waals surface area contributed by atoms with Gasteiger partial charge in [0.05, 0.1) is 5.69 Å². The molecule has 0 aromatic heterocycles. The van der Waals surface area contributed by atoms with Crippen LogP contribution < -0.4 is 20.9 Å². The summed E-state index contributed by atoms with van der Waals surface area (Å²) in [4.78, 5) is 15.7. The zero-order chi connectivity index (χ0) is 16.7. The summed E-state index contributed by atoms with van der Waals surface area (Å²) in [5, 5.41) is 13.8. The van der Waals surface area contributed by atoms with E-state index in [1.807, 2.05) is 19.1 Å². The lowest BCUT2D eigenvalue weighted by Gasteiger charge is -2.42. The Balaban J connectivity index is 1.99. The first kappa shape index (κ1) is 16.2. The van der Waals surface area contributed by atoms with Gasteiger partial charge in [-0.1, -0.05) is 6.92 Å². The number of carbonyl (C=O) groups excluding carboxylic acids is 1. The number of nitrogens with one attached hydrogen (secondary N) is 1. The van der Waals surface area contributed by atoms with Crippen LogP contribution in [0.5, 0.6) is 0 Å². The van der Waals surface area contributed by atoms with Gasteiger partial charge in [-0.05, 0) is 30.7 Å². The smallest absolute Gasteiger partial charge is 0.225 e. The molecule has 4 N–H and O–H groups in total. The molecule has 2 heterocycles. The summed E-state index contributed by atoms with van der Waals surface area (Å²) in [6, 6.07) is 6.17. The number of anilines is 2. The first-order valence-corrected chi connectivity index (χ1v) is 8.26. The fraction of sp³-hybridized carbons (Fsp3) is 0.588. The van der Waals surface area contributed by atoms with E-state index in [1.54, 1.807) is 0 Å². The lowest BCUT2D eigenvalue weighted by Crippen LogP contribution is -2.51. The molecule has 126 valence electrons. The van der Waals surface area contributed by atoms with E-state index in [0.29, 0.717) is 6.04 Å². The molecule has 1 saturated heterocycles. The first-order valence-electron chi connectivity index (χ1n) is 8.26. The normalized spacial score (nSPS) is 31.0. The Kier molecular flexibility index (Phi) is 4.31. The summed E-state index contributed by atoms with van der Waals surface area (Å²) < 4.78 is 0. The van der Waals surface area contributed by atoms with Gasteiger partial charge < -0.3 is 21.1 Å². The first-order chi connectivity index (χ1) is 10.9. The highest BCUT2D eigenvalue weighted by atomic mass is 16.3. The number of carbonyl (C=O) groups is 1. The van der Waals surface area contributed by atoms with Crippen molar-refractivity contribution in [3.63, 3.8) is 0 Å². The Morgan fingerprint density at radius 2 is 2.13 bits per heavy atom. The molecule has 23 heavy (non-hydrogen) atoms. The van der Waals surface area contributed by atoms with Gasteiger partial charge in [-0.15, -0.1) is 0 Å². The quantitative estimate of drug-likeness (QED) is 0.714. The number of rotatable bonds is 1. The van der Waals surface area contributed by atoms with Crippen LogP contribution >= 0.6 is 0 Å². The minimum absolute atomic E-state index is 0.166. The Morgan fingerprint density at radius 1 is 1.39 bits per heavy atom. The Bertz CT molecular complexity index is 606. The van der Waals surface area contributed by atoms with E-state index in [1.165, 1.54) is 11.8 Å². The average Bonchev–Trinajstić information content (AvgIpc) is 2.52. The molecule has 4 atom stereocenters. The van der Waals surface area contributed by atoms with Gasteiger partial charge in [-0.2, -0.15) is 0 Å². The maximum atomic E-state index is 12.0. The highest BCUT2D eigenvalue weighted by Crippen LogP contribution is 2.40. The fourth-order valence-electron chi connectivity index (χ4n) is 3.59. The van der Waals surface area contributed by atoms with Gasteiger partial charge in [-0.3, -0.25) is 9.69 Å². The van der Waals surface area contributed by atoms with Crippen LogP contribution in [0.3, 0.4) is 0 Å². The number of aliphatic hydroxyl groups is 1. The summed E-state index contributed by atoms with van der Waals surface area (Å²) in [5.41, 5.74) is 9.12. The van der Waals surface area contributed by atoms with Crippen molar-refractivity contribution in [3.05, 3.63) is 23.8 Å². The molecule has 2 aliphatic rings. The number of piperazine rings is 1. The molecule has 1 amide bonds. The highest BCUT2D eigenvalue weighted by Gasteiger charge is 2.38. The predicted octanol–water partition coefficient (Wildman–Crippen LogP) is 0.805. The van der Waals surface area contributed by atoms with Crippen molar-refractivity contribution in [2.45, 2.75) is 39.1 Å². The SMILES string of the molecule is CC(=O)N1c2ccc(N3CCN[C@H](C)C3)cc2[C@H](N)[C@@H](C)[C@@H]1O. The van der Waals surface area contributed by atoms with Crippen LogP contribution in [0.4, 0.5) is 11.4 Å². The largest absolute Gasteiger partial charge is 0.373 e. The molecular formula is C17H26N4O2. The van der Waals surface area contributed by atoms with Crippen LogP contribution in [0.25, 0.3) is 0 Å². The van der Waals surface area contributed by atoms with Crippen LogP contribution in [-0.2, 0) is 4.79 Å². The van der Waals surface area contributed by atoms with Gasteiger partial charge >= 0.3 is 0 Å². The molecule has 6 heteroatoms. The lowest BCUT2D eigenvalue weighted by atomic mass is 9.87. The van der Waals surface area contributed by atoms with Crippen molar-refractivity contribution in [2.75, 3.05) is 29.4 Å². The van der Waals surface area contributed by atoms with Crippen molar-refractivity contribution in [3.8, 4) is 0 Å². The van der Waals surface area contributed by atoms with E-state index in [9.17, 15) is 9.90 Å². The fourth-order valence-corrected chi connectivity index (χ4v) is 3.59. The van der Waals surface area contributed by atoms with Crippen molar-refractivity contribution >= 4 is 17.3 Å². The third-order valence-electron chi connectivity index (χ3n) is 5.00. The standard InChI is InChI=1S/C17H26N4O2/c1-10-9-20(7-6-19-10)13-4-5-15-14(8-13)16(18)11(2)17(23)21(15)12(3)22/h4-5,8,10-11,16-17,19,23H,6-7,9,18H2,1-3H3/t10-,11-,16-,17+/m1/s1. The number of benzene rings is 1. The van der Waals surface area contributed by atoms with E-state index < -0.39 is 6.23 Å². The van der Waals surface area contributed by atoms with Crippen LogP contribution in [0.15, 0.2) is 18.2 Å². The number of hydrogen-bond acceptors (Lipinski definition) is 5. The number of hydrogen-bond donors (Lipinski definition) is 3. The minimum Gasteiger partial charge on any atom is -0.373 e. The second-order valence-corrected chi connectivity index (χ2v) is 6.73. The van der Waals surface area contributed by atoms with E-state index >= 15 is 0 Å². The average molecular weight is 318 g/mol. The Labute approximate surface area is 137 Å². The molecule has 6 nitrogen and oxygen atoms in total. The number of aliphatic hydroxyl groups excluding tert-OH is 1. The second-order valence-electron chi connectivity index (χ2n) is 6.73. The van der Waals surface area contributed by atoms with Gasteiger partial charge in [0.15, 0.2) is 0 Å². The summed E-state index contributed by atoms with van der Waals surface area (Å²) in [7, 11) is 0. The molecule has 1 aromatic rings. The van der Waals surface area contributed by atoms with Crippen LogP contribution in [0, 0.1) is 5.92 Å². The molecule has 1 aromatic carbocycles. The zero-order valence-electron chi connectivity index (χ0n) is 14.0. The summed E-state index contributed by atoms with van der Waals surface area (Å²) in [5.74, 6) is -0.371. The van der Waals surface area contributed by atoms with Crippen LogP contribution in [-0.4, -0.2) is 42.9 Å². The van der Waals surface area contributed by atoms with Gasteiger partial charge in [0.1, 0.15) is 6.23 Å². The summed E-state index contributed by atoms with van der Waals surface area (Å²) in [6.07, 6.45) is -0.875. The van der Waals surface area contributed by atoms with Crippen molar-refractivity contribution < 1.29 is 9.90 Å². The van der Waals surface area contributed by atoms with Gasteiger partial charge in [0, 0.05) is 50.2 Å². The monoisotopic (exact) mass is 318 g/mol. The maximum Gasteiger partial charge on any atom is 0.225 e. The zero-order valence-corrected chi connectivity index (χ0v) is 14.0. The van der Waals surface area contributed by atoms with Gasteiger partial charge in [0.25, 0.3) is 0 Å². The van der Waals surface area contributed by atoms with E-state index in [2.05, 4.69) is 23.2 Å². The number of fused-ring (bicyclic) bond motifs is 1. The molecule has 2 aliphatic heterocycles. The topological polar surface area (TPSA) is 81.8 Å².